The van der Waals surface area contributed by atoms with Crippen molar-refractivity contribution < 1.29 is 33.3 Å². The number of Topliss-reactive ketones (excluding diaryl/α,β-unsaturated/α-hetero) is 1. The Balaban J connectivity index is 1.14. The Kier molecular flexibility index (Phi) is 6.62. The standard InChI is InChI=1S/C35H28O7/c1-38-25-8-5-21(6-9-25)18-31-34(37)27-10-12-30-33(35(27)42-31)28(20-32(36)41-30)23-3-2-4-26(19-23)39-15-13-22-7-11-29-24(17-22)14-16-40-29/h2-12,17-19,28H,13-16,20H2,1H3/b31-18-/t28-/m1/s1. The molecular formula is C35H28O7. The van der Waals surface area contributed by atoms with Crippen LogP contribution in [0.3, 0.4) is 0 Å². The van der Waals surface area contributed by atoms with Crippen molar-refractivity contribution in [1.29, 1.82) is 0 Å². The Labute approximate surface area is 243 Å². The van der Waals surface area contributed by atoms with E-state index < -0.39 is 0 Å². The Morgan fingerprint density at radius 1 is 0.905 bits per heavy atom. The van der Waals surface area contributed by atoms with Gasteiger partial charge in [-0.15, -0.1) is 0 Å². The highest BCUT2D eigenvalue weighted by Gasteiger charge is 2.38. The smallest absolute Gasteiger partial charge is 0.312 e. The predicted octanol–water partition coefficient (Wildman–Crippen LogP) is 6.31. The highest BCUT2D eigenvalue weighted by atomic mass is 16.5. The van der Waals surface area contributed by atoms with Gasteiger partial charge in [0, 0.05) is 24.3 Å². The van der Waals surface area contributed by atoms with Gasteiger partial charge in [-0.2, -0.15) is 0 Å². The Morgan fingerprint density at radius 3 is 2.62 bits per heavy atom. The molecule has 0 radical (unpaired) electrons. The maximum absolute atomic E-state index is 13.3. The molecule has 3 aliphatic heterocycles. The quantitative estimate of drug-likeness (QED) is 0.149. The van der Waals surface area contributed by atoms with Crippen molar-refractivity contribution in [3.05, 3.63) is 118 Å². The molecule has 7 rings (SSSR count). The summed E-state index contributed by atoms with van der Waals surface area (Å²) in [4.78, 5) is 26.0. The molecule has 0 aromatic heterocycles. The van der Waals surface area contributed by atoms with Gasteiger partial charge in [-0.3, -0.25) is 9.59 Å². The van der Waals surface area contributed by atoms with Crippen LogP contribution in [-0.2, 0) is 17.6 Å². The van der Waals surface area contributed by atoms with Crippen LogP contribution in [-0.4, -0.2) is 32.1 Å². The van der Waals surface area contributed by atoms with Gasteiger partial charge in [0.05, 0.1) is 32.3 Å². The lowest BCUT2D eigenvalue weighted by atomic mass is 9.84. The topological polar surface area (TPSA) is 80.3 Å². The molecule has 0 bridgehead atoms. The molecule has 4 aromatic carbocycles. The number of hydrogen-bond donors (Lipinski definition) is 0. The van der Waals surface area contributed by atoms with E-state index in [2.05, 4.69) is 12.1 Å². The van der Waals surface area contributed by atoms with Gasteiger partial charge in [-0.05, 0) is 70.8 Å². The normalized spacial score (nSPS) is 17.5. The second kappa shape index (κ2) is 10.7. The van der Waals surface area contributed by atoms with E-state index in [1.165, 1.54) is 11.1 Å². The monoisotopic (exact) mass is 560 g/mol. The second-order valence-electron chi connectivity index (χ2n) is 10.5. The highest BCUT2D eigenvalue weighted by molar-refractivity contribution is 6.15. The lowest BCUT2D eigenvalue weighted by molar-refractivity contribution is -0.135. The van der Waals surface area contributed by atoms with Gasteiger partial charge >= 0.3 is 5.97 Å². The first-order valence-corrected chi connectivity index (χ1v) is 14.0. The SMILES string of the molecule is COc1ccc(/C=C2\Oc3c(ccc4c3[C@@H](c3cccc(OCCc5ccc6c(c5)CCO6)c3)CC(=O)O4)C2=O)cc1. The summed E-state index contributed by atoms with van der Waals surface area (Å²) >= 11 is 0. The average Bonchev–Trinajstić information content (AvgIpc) is 3.61. The van der Waals surface area contributed by atoms with E-state index in [-0.39, 0.29) is 29.9 Å². The van der Waals surface area contributed by atoms with E-state index in [1.807, 2.05) is 54.6 Å². The van der Waals surface area contributed by atoms with E-state index in [1.54, 1.807) is 25.3 Å². The number of ether oxygens (including phenoxy) is 5. The molecule has 0 amide bonds. The number of benzene rings is 4. The maximum Gasteiger partial charge on any atom is 0.312 e. The zero-order valence-electron chi connectivity index (χ0n) is 23.1. The van der Waals surface area contributed by atoms with Crippen LogP contribution in [0.1, 0.15) is 50.5 Å². The summed E-state index contributed by atoms with van der Waals surface area (Å²) in [6.45, 7) is 1.25. The molecule has 3 aliphatic rings. The molecule has 0 saturated carbocycles. The lowest BCUT2D eigenvalue weighted by Gasteiger charge is -2.26. The number of methoxy groups -OCH3 is 1. The molecule has 0 unspecified atom stereocenters. The van der Waals surface area contributed by atoms with Crippen molar-refractivity contribution in [2.45, 2.75) is 25.2 Å². The lowest BCUT2D eigenvalue weighted by Crippen LogP contribution is -2.21. The average molecular weight is 561 g/mol. The number of carbonyl (C=O) groups excluding carboxylic acids is 2. The van der Waals surface area contributed by atoms with Crippen molar-refractivity contribution in [2.75, 3.05) is 20.3 Å². The molecule has 4 aromatic rings. The van der Waals surface area contributed by atoms with Crippen molar-refractivity contribution >= 4 is 17.8 Å². The fraction of sp³-hybridized carbons (Fsp3) is 0.200. The summed E-state index contributed by atoms with van der Waals surface area (Å²) < 4.78 is 28.8. The number of hydrogen-bond acceptors (Lipinski definition) is 7. The molecule has 7 heteroatoms. The molecule has 1 atom stereocenters. The second-order valence-corrected chi connectivity index (χ2v) is 10.5. The summed E-state index contributed by atoms with van der Waals surface area (Å²) in [5, 5.41) is 0. The summed E-state index contributed by atoms with van der Waals surface area (Å²) in [5.41, 5.74) is 5.28. The molecule has 42 heavy (non-hydrogen) atoms. The third-order valence-electron chi connectivity index (χ3n) is 7.87. The first-order chi connectivity index (χ1) is 20.6. The zero-order chi connectivity index (χ0) is 28.6. The zero-order valence-corrected chi connectivity index (χ0v) is 23.1. The maximum atomic E-state index is 13.3. The first kappa shape index (κ1) is 25.9. The molecule has 3 heterocycles. The van der Waals surface area contributed by atoms with Crippen molar-refractivity contribution in [3.63, 3.8) is 0 Å². The van der Waals surface area contributed by atoms with Gasteiger partial charge in [0.2, 0.25) is 5.78 Å². The number of esters is 1. The number of ketones is 1. The van der Waals surface area contributed by atoms with E-state index in [4.69, 9.17) is 23.7 Å². The van der Waals surface area contributed by atoms with Crippen LogP contribution < -0.4 is 23.7 Å². The van der Waals surface area contributed by atoms with Crippen LogP contribution in [0, 0.1) is 0 Å². The summed E-state index contributed by atoms with van der Waals surface area (Å²) in [5.74, 6) is 2.55. The molecule has 7 nitrogen and oxygen atoms in total. The summed E-state index contributed by atoms with van der Waals surface area (Å²) in [7, 11) is 1.60. The number of fused-ring (bicyclic) bond motifs is 4. The van der Waals surface area contributed by atoms with Gasteiger partial charge < -0.3 is 23.7 Å². The molecule has 0 saturated heterocycles. The van der Waals surface area contributed by atoms with Crippen LogP contribution in [0.4, 0.5) is 0 Å². The Morgan fingerprint density at radius 2 is 1.76 bits per heavy atom. The van der Waals surface area contributed by atoms with Crippen molar-refractivity contribution in [3.8, 4) is 28.7 Å². The van der Waals surface area contributed by atoms with E-state index >= 15 is 0 Å². The third kappa shape index (κ3) is 4.87. The predicted molar refractivity (Wildman–Crippen MR) is 156 cm³/mol. The largest absolute Gasteiger partial charge is 0.497 e. The minimum atomic E-state index is -0.357. The van der Waals surface area contributed by atoms with Crippen molar-refractivity contribution in [2.24, 2.45) is 0 Å². The van der Waals surface area contributed by atoms with Crippen LogP contribution >= 0.6 is 0 Å². The number of rotatable bonds is 7. The molecule has 0 aliphatic carbocycles. The summed E-state index contributed by atoms with van der Waals surface area (Å²) in [6, 6.07) is 24.7. The third-order valence-corrected chi connectivity index (χ3v) is 7.87. The molecule has 210 valence electrons. The van der Waals surface area contributed by atoms with Crippen LogP contribution in [0.15, 0.2) is 84.6 Å². The Hall–Kier alpha value is -5.04. The van der Waals surface area contributed by atoms with E-state index in [0.717, 1.165) is 42.1 Å². The number of allylic oxidation sites excluding steroid dienone is 1. The van der Waals surface area contributed by atoms with E-state index in [9.17, 15) is 9.59 Å². The van der Waals surface area contributed by atoms with Gasteiger partial charge in [0.25, 0.3) is 0 Å². The van der Waals surface area contributed by atoms with Crippen LogP contribution in [0.5, 0.6) is 28.7 Å². The van der Waals surface area contributed by atoms with Gasteiger partial charge in [-0.25, -0.2) is 0 Å². The molecule has 0 N–H and O–H groups in total. The van der Waals surface area contributed by atoms with Crippen LogP contribution in [0.2, 0.25) is 0 Å². The van der Waals surface area contributed by atoms with E-state index in [0.29, 0.717) is 35.0 Å². The molecule has 0 fully saturated rings. The number of carbonyl (C=O) groups is 2. The molecular weight excluding hydrogens is 532 g/mol. The highest BCUT2D eigenvalue weighted by Crippen LogP contribution is 2.49. The molecule has 0 spiro atoms. The minimum Gasteiger partial charge on any atom is -0.497 e. The summed E-state index contributed by atoms with van der Waals surface area (Å²) in [6.07, 6.45) is 3.54. The van der Waals surface area contributed by atoms with Gasteiger partial charge in [0.15, 0.2) is 5.76 Å². The minimum absolute atomic E-state index is 0.124. The van der Waals surface area contributed by atoms with Gasteiger partial charge in [-0.1, -0.05) is 36.4 Å². The fourth-order valence-electron chi connectivity index (χ4n) is 5.75. The Bertz CT molecular complexity index is 1740. The van der Waals surface area contributed by atoms with Crippen LogP contribution in [0.25, 0.3) is 6.08 Å². The van der Waals surface area contributed by atoms with Crippen molar-refractivity contribution in [1.82, 2.24) is 0 Å². The van der Waals surface area contributed by atoms with Gasteiger partial charge in [0.1, 0.15) is 28.7 Å². The fourth-order valence-corrected chi connectivity index (χ4v) is 5.75. The first-order valence-electron chi connectivity index (χ1n) is 14.0.